The van der Waals surface area contributed by atoms with Gasteiger partial charge in [-0.15, -0.1) is 0 Å². The van der Waals surface area contributed by atoms with Crippen molar-refractivity contribution in [2.75, 3.05) is 13.7 Å². The van der Waals surface area contributed by atoms with Gasteiger partial charge in [0.05, 0.1) is 7.11 Å². The molecule has 2 aromatic carbocycles. The van der Waals surface area contributed by atoms with E-state index in [1.165, 1.54) is 7.11 Å². The van der Waals surface area contributed by atoms with Crippen molar-refractivity contribution in [1.82, 2.24) is 16.2 Å². The van der Waals surface area contributed by atoms with Crippen LogP contribution < -0.4 is 25.6 Å². The van der Waals surface area contributed by atoms with Gasteiger partial charge in [0, 0.05) is 5.56 Å². The Kier molecular flexibility index (Phi) is 6.92. The second kappa shape index (κ2) is 9.38. The van der Waals surface area contributed by atoms with Crippen molar-refractivity contribution in [2.24, 2.45) is 0 Å². The van der Waals surface area contributed by atoms with Crippen LogP contribution in [0.4, 0.5) is 0 Å². The summed E-state index contributed by atoms with van der Waals surface area (Å²) in [5.74, 6) is 0.124. The first-order chi connectivity index (χ1) is 12.5. The number of thiocarbonyl (C=S) groups is 1. The van der Waals surface area contributed by atoms with Crippen molar-refractivity contribution >= 4 is 29.1 Å². The van der Waals surface area contributed by atoms with Crippen LogP contribution in [0.15, 0.2) is 48.5 Å². The monoisotopic (exact) mass is 373 g/mol. The van der Waals surface area contributed by atoms with E-state index in [1.54, 1.807) is 36.4 Å². The lowest BCUT2D eigenvalue weighted by Crippen LogP contribution is -2.49. The molecular weight excluding hydrogens is 354 g/mol. The van der Waals surface area contributed by atoms with Gasteiger partial charge in [0.1, 0.15) is 0 Å². The number of methoxy groups -OCH3 is 1. The van der Waals surface area contributed by atoms with Crippen LogP contribution in [-0.2, 0) is 4.79 Å². The molecule has 2 aromatic rings. The second-order valence-corrected chi connectivity index (χ2v) is 5.67. The summed E-state index contributed by atoms with van der Waals surface area (Å²) in [4.78, 5) is 23.8. The van der Waals surface area contributed by atoms with Gasteiger partial charge in [0.2, 0.25) is 0 Å². The Hall–Kier alpha value is -3.13. The molecule has 0 heterocycles. The van der Waals surface area contributed by atoms with Crippen LogP contribution >= 0.6 is 12.2 Å². The smallest absolute Gasteiger partial charge is 0.276 e. The van der Waals surface area contributed by atoms with Crippen LogP contribution in [0.25, 0.3) is 0 Å². The fourth-order valence-electron chi connectivity index (χ4n) is 1.96. The first-order valence-corrected chi connectivity index (χ1v) is 8.13. The maximum absolute atomic E-state index is 12.0. The molecule has 26 heavy (non-hydrogen) atoms. The molecule has 136 valence electrons. The molecule has 2 rings (SSSR count). The van der Waals surface area contributed by atoms with Crippen LogP contribution in [0, 0.1) is 6.92 Å². The van der Waals surface area contributed by atoms with Gasteiger partial charge < -0.3 is 9.47 Å². The molecule has 0 aliphatic heterocycles. The average molecular weight is 373 g/mol. The minimum absolute atomic E-state index is 0.0267. The van der Waals surface area contributed by atoms with E-state index >= 15 is 0 Å². The lowest BCUT2D eigenvalue weighted by Gasteiger charge is -2.12. The number of benzene rings is 2. The highest BCUT2D eigenvalue weighted by Gasteiger charge is 2.09. The fourth-order valence-corrected chi connectivity index (χ4v) is 2.10. The molecule has 0 saturated heterocycles. The number of ether oxygens (including phenoxy) is 2. The van der Waals surface area contributed by atoms with Crippen LogP contribution in [0.1, 0.15) is 15.9 Å². The fraction of sp³-hybridized carbons (Fsp3) is 0.167. The number of carbonyl (C=O) groups is 2. The number of hydrogen-bond acceptors (Lipinski definition) is 5. The Morgan fingerprint density at radius 3 is 2.31 bits per heavy atom. The highest BCUT2D eigenvalue weighted by atomic mass is 32.1. The minimum Gasteiger partial charge on any atom is -0.493 e. The van der Waals surface area contributed by atoms with E-state index in [2.05, 4.69) is 16.2 Å². The number of rotatable bonds is 5. The van der Waals surface area contributed by atoms with Gasteiger partial charge in [-0.2, -0.15) is 0 Å². The predicted molar refractivity (Wildman–Crippen MR) is 101 cm³/mol. The number of hydrazine groups is 1. The molecule has 0 aliphatic carbocycles. The summed E-state index contributed by atoms with van der Waals surface area (Å²) in [6, 6.07) is 14.0. The molecule has 0 unspecified atom stereocenters. The van der Waals surface area contributed by atoms with Gasteiger partial charge in [0.25, 0.3) is 11.8 Å². The molecule has 7 nitrogen and oxygen atoms in total. The highest BCUT2D eigenvalue weighted by molar-refractivity contribution is 7.80. The quantitative estimate of drug-likeness (QED) is 0.546. The standard InChI is InChI=1S/C18H19N3O4S/c1-12-7-9-13(10-8-12)17(23)19-18(26)21-20-16(22)11-25-15-6-4-3-5-14(15)24-2/h3-10H,11H2,1-2H3,(H,20,22)(H2,19,21,23,26). The molecule has 0 fully saturated rings. The zero-order valence-corrected chi connectivity index (χ0v) is 15.2. The van der Waals surface area contributed by atoms with Crippen LogP contribution in [0.2, 0.25) is 0 Å². The normalized spacial score (nSPS) is 9.77. The summed E-state index contributed by atoms with van der Waals surface area (Å²) in [5.41, 5.74) is 6.30. The van der Waals surface area contributed by atoms with Crippen molar-refractivity contribution in [1.29, 1.82) is 0 Å². The number of para-hydroxylation sites is 2. The Morgan fingerprint density at radius 1 is 1.00 bits per heavy atom. The summed E-state index contributed by atoms with van der Waals surface area (Å²) >= 11 is 4.97. The Morgan fingerprint density at radius 2 is 1.65 bits per heavy atom. The van der Waals surface area contributed by atoms with Gasteiger partial charge in [0.15, 0.2) is 23.2 Å². The lowest BCUT2D eigenvalue weighted by molar-refractivity contribution is -0.123. The Balaban J connectivity index is 1.75. The first kappa shape index (κ1) is 19.2. The summed E-state index contributed by atoms with van der Waals surface area (Å²) in [7, 11) is 1.51. The van der Waals surface area contributed by atoms with Gasteiger partial charge in [-0.25, -0.2) is 0 Å². The van der Waals surface area contributed by atoms with Gasteiger partial charge in [-0.05, 0) is 43.4 Å². The largest absolute Gasteiger partial charge is 0.493 e. The van der Waals surface area contributed by atoms with Crippen LogP contribution in [0.3, 0.4) is 0 Å². The van der Waals surface area contributed by atoms with E-state index < -0.39 is 5.91 Å². The second-order valence-electron chi connectivity index (χ2n) is 5.26. The van der Waals surface area contributed by atoms with E-state index in [0.29, 0.717) is 17.1 Å². The zero-order valence-electron chi connectivity index (χ0n) is 14.4. The maximum Gasteiger partial charge on any atom is 0.276 e. The first-order valence-electron chi connectivity index (χ1n) is 7.72. The number of amides is 2. The minimum atomic E-state index is -0.470. The average Bonchev–Trinajstić information content (AvgIpc) is 2.65. The van der Waals surface area contributed by atoms with Crippen molar-refractivity contribution in [3.8, 4) is 11.5 Å². The summed E-state index contributed by atoms with van der Waals surface area (Å²) in [6.07, 6.45) is 0. The molecular formula is C18H19N3O4S. The van der Waals surface area contributed by atoms with E-state index in [4.69, 9.17) is 21.7 Å². The number of nitrogens with one attached hydrogen (secondary N) is 3. The molecule has 0 saturated carbocycles. The lowest BCUT2D eigenvalue weighted by atomic mass is 10.1. The van der Waals surface area contributed by atoms with Crippen molar-refractivity contribution in [3.05, 3.63) is 59.7 Å². The Labute approximate surface area is 156 Å². The van der Waals surface area contributed by atoms with Gasteiger partial charge in [-0.3, -0.25) is 25.8 Å². The van der Waals surface area contributed by atoms with Gasteiger partial charge in [-0.1, -0.05) is 29.8 Å². The molecule has 0 aliphatic rings. The summed E-state index contributed by atoms with van der Waals surface area (Å²) in [6.45, 7) is 1.68. The van der Waals surface area contributed by atoms with E-state index in [1.807, 2.05) is 19.1 Å². The third-order valence-corrected chi connectivity index (χ3v) is 3.49. The molecule has 3 N–H and O–H groups in total. The molecule has 0 bridgehead atoms. The van der Waals surface area contributed by atoms with Crippen molar-refractivity contribution in [2.45, 2.75) is 6.92 Å². The number of carbonyl (C=O) groups excluding carboxylic acids is 2. The number of hydrogen-bond donors (Lipinski definition) is 3. The molecule has 0 spiro atoms. The Bertz CT molecular complexity index is 793. The van der Waals surface area contributed by atoms with E-state index in [-0.39, 0.29) is 17.6 Å². The maximum atomic E-state index is 12.0. The molecule has 8 heteroatoms. The van der Waals surface area contributed by atoms with Crippen LogP contribution in [-0.4, -0.2) is 30.6 Å². The van der Waals surface area contributed by atoms with Crippen LogP contribution in [0.5, 0.6) is 11.5 Å². The molecule has 0 radical (unpaired) electrons. The molecule has 2 amide bonds. The number of aryl methyl sites for hydroxylation is 1. The molecule has 0 aromatic heterocycles. The van der Waals surface area contributed by atoms with E-state index in [0.717, 1.165) is 5.56 Å². The summed E-state index contributed by atoms with van der Waals surface area (Å²) in [5, 5.41) is 2.44. The third-order valence-electron chi connectivity index (χ3n) is 3.28. The van der Waals surface area contributed by atoms with E-state index in [9.17, 15) is 9.59 Å². The highest BCUT2D eigenvalue weighted by Crippen LogP contribution is 2.25. The zero-order chi connectivity index (χ0) is 18.9. The predicted octanol–water partition coefficient (Wildman–Crippen LogP) is 1.72. The third kappa shape index (κ3) is 5.75. The summed E-state index contributed by atoms with van der Waals surface area (Å²) < 4.78 is 10.5. The van der Waals surface area contributed by atoms with Gasteiger partial charge >= 0.3 is 0 Å². The van der Waals surface area contributed by atoms with Crippen molar-refractivity contribution in [3.63, 3.8) is 0 Å². The topological polar surface area (TPSA) is 88.7 Å². The van der Waals surface area contributed by atoms with Crippen molar-refractivity contribution < 1.29 is 19.1 Å². The SMILES string of the molecule is COc1ccccc1OCC(=O)NNC(=S)NC(=O)c1ccc(C)cc1. The molecule has 0 atom stereocenters.